The fourth-order valence-corrected chi connectivity index (χ4v) is 2.89. The van der Waals surface area contributed by atoms with Gasteiger partial charge in [0.1, 0.15) is 0 Å². The summed E-state index contributed by atoms with van der Waals surface area (Å²) in [7, 11) is 0. The summed E-state index contributed by atoms with van der Waals surface area (Å²) in [6.07, 6.45) is 1.75. The van der Waals surface area contributed by atoms with Crippen LogP contribution in [0.5, 0.6) is 0 Å². The number of aryl methyl sites for hydroxylation is 2. The predicted octanol–water partition coefficient (Wildman–Crippen LogP) is 4.70. The molecule has 0 atom stereocenters. The van der Waals surface area contributed by atoms with Gasteiger partial charge in [0.15, 0.2) is 0 Å². The number of nitrogens with one attached hydrogen (secondary N) is 1. The first-order chi connectivity index (χ1) is 10.9. The van der Waals surface area contributed by atoms with Crippen LogP contribution in [0.1, 0.15) is 27.8 Å². The number of hydrazone groups is 1. The van der Waals surface area contributed by atoms with Crippen molar-refractivity contribution in [2.75, 3.05) is 5.43 Å². The van der Waals surface area contributed by atoms with Crippen LogP contribution >= 0.6 is 11.6 Å². The SMILES string of the molecule is Cc1cc(C)c(CCl)c(C)c1C=NNc1ccc([N+](=O)[O-])cc1. The lowest BCUT2D eigenvalue weighted by molar-refractivity contribution is -0.384. The molecule has 0 unspecified atom stereocenters. The van der Waals surface area contributed by atoms with Crippen molar-refractivity contribution in [3.63, 3.8) is 0 Å². The maximum atomic E-state index is 10.6. The Morgan fingerprint density at radius 1 is 1.22 bits per heavy atom. The molecule has 2 aromatic rings. The van der Waals surface area contributed by atoms with E-state index in [2.05, 4.69) is 16.6 Å². The quantitative estimate of drug-likeness (QED) is 0.373. The van der Waals surface area contributed by atoms with E-state index in [1.807, 2.05) is 20.8 Å². The van der Waals surface area contributed by atoms with Crippen molar-refractivity contribution < 1.29 is 4.92 Å². The van der Waals surface area contributed by atoms with E-state index >= 15 is 0 Å². The topological polar surface area (TPSA) is 67.5 Å². The summed E-state index contributed by atoms with van der Waals surface area (Å²) < 4.78 is 0. The first kappa shape index (κ1) is 17.0. The van der Waals surface area contributed by atoms with Gasteiger partial charge in [-0.25, -0.2) is 0 Å². The fourth-order valence-electron chi connectivity index (χ4n) is 2.48. The molecule has 0 spiro atoms. The monoisotopic (exact) mass is 331 g/mol. The van der Waals surface area contributed by atoms with Crippen LogP contribution in [-0.2, 0) is 5.88 Å². The van der Waals surface area contributed by atoms with Gasteiger partial charge in [0.05, 0.1) is 16.8 Å². The van der Waals surface area contributed by atoms with E-state index in [1.54, 1.807) is 18.3 Å². The molecule has 0 saturated heterocycles. The van der Waals surface area contributed by atoms with Crippen LogP contribution in [0.3, 0.4) is 0 Å². The van der Waals surface area contributed by atoms with Crippen LogP contribution in [0.25, 0.3) is 0 Å². The van der Waals surface area contributed by atoms with Crippen molar-refractivity contribution in [3.05, 3.63) is 68.3 Å². The second kappa shape index (κ2) is 7.24. The van der Waals surface area contributed by atoms with Gasteiger partial charge in [-0.2, -0.15) is 5.10 Å². The molecule has 23 heavy (non-hydrogen) atoms. The molecule has 6 heteroatoms. The van der Waals surface area contributed by atoms with Crippen molar-refractivity contribution in [3.8, 4) is 0 Å². The minimum Gasteiger partial charge on any atom is -0.278 e. The Hall–Kier alpha value is -2.40. The molecule has 0 saturated carbocycles. The molecular weight excluding hydrogens is 314 g/mol. The number of rotatable bonds is 5. The Bertz CT molecular complexity index is 755. The van der Waals surface area contributed by atoms with Crippen LogP contribution in [-0.4, -0.2) is 11.1 Å². The highest BCUT2D eigenvalue weighted by molar-refractivity contribution is 6.17. The van der Waals surface area contributed by atoms with Crippen molar-refractivity contribution >= 4 is 29.2 Å². The molecule has 0 aliphatic heterocycles. The van der Waals surface area contributed by atoms with Gasteiger partial charge in [0.25, 0.3) is 5.69 Å². The van der Waals surface area contributed by atoms with Crippen molar-refractivity contribution in [2.45, 2.75) is 26.7 Å². The molecule has 0 radical (unpaired) electrons. The normalized spacial score (nSPS) is 11.0. The van der Waals surface area contributed by atoms with Gasteiger partial charge in [-0.15, -0.1) is 11.6 Å². The third kappa shape index (κ3) is 3.87. The van der Waals surface area contributed by atoms with Crippen LogP contribution in [0.2, 0.25) is 0 Å². The van der Waals surface area contributed by atoms with E-state index in [4.69, 9.17) is 11.6 Å². The summed E-state index contributed by atoms with van der Waals surface area (Å²) in [6, 6.07) is 8.21. The van der Waals surface area contributed by atoms with Gasteiger partial charge >= 0.3 is 0 Å². The molecule has 5 nitrogen and oxygen atoms in total. The molecule has 0 aliphatic carbocycles. The second-order valence-electron chi connectivity index (χ2n) is 5.34. The Morgan fingerprint density at radius 2 is 1.87 bits per heavy atom. The van der Waals surface area contributed by atoms with E-state index < -0.39 is 4.92 Å². The molecule has 2 rings (SSSR count). The van der Waals surface area contributed by atoms with E-state index in [1.165, 1.54) is 17.7 Å². The lowest BCUT2D eigenvalue weighted by Crippen LogP contribution is -2.01. The molecule has 0 bridgehead atoms. The number of alkyl halides is 1. The molecular formula is C17H18ClN3O2. The zero-order valence-corrected chi connectivity index (χ0v) is 14.0. The number of benzene rings is 2. The average Bonchev–Trinajstić information content (AvgIpc) is 2.51. The third-order valence-electron chi connectivity index (χ3n) is 3.79. The molecule has 2 aromatic carbocycles. The van der Waals surface area contributed by atoms with E-state index in [0.29, 0.717) is 11.6 Å². The smallest absolute Gasteiger partial charge is 0.269 e. The highest BCUT2D eigenvalue weighted by Crippen LogP contribution is 2.22. The molecule has 0 heterocycles. The highest BCUT2D eigenvalue weighted by atomic mass is 35.5. The summed E-state index contributed by atoms with van der Waals surface area (Å²) in [4.78, 5) is 10.2. The van der Waals surface area contributed by atoms with Gasteiger partial charge in [-0.05, 0) is 55.2 Å². The Morgan fingerprint density at radius 3 is 2.43 bits per heavy atom. The predicted molar refractivity (Wildman–Crippen MR) is 94.5 cm³/mol. The average molecular weight is 332 g/mol. The minimum atomic E-state index is -0.431. The first-order valence-corrected chi connectivity index (χ1v) is 7.66. The summed E-state index contributed by atoms with van der Waals surface area (Å²) in [5.74, 6) is 0.467. The van der Waals surface area contributed by atoms with Crippen LogP contribution in [0.4, 0.5) is 11.4 Å². The summed E-state index contributed by atoms with van der Waals surface area (Å²) in [6.45, 7) is 6.12. The number of anilines is 1. The zero-order chi connectivity index (χ0) is 17.0. The van der Waals surface area contributed by atoms with Gasteiger partial charge in [0.2, 0.25) is 0 Å². The third-order valence-corrected chi connectivity index (χ3v) is 4.06. The molecule has 120 valence electrons. The fraction of sp³-hybridized carbons (Fsp3) is 0.235. The lowest BCUT2D eigenvalue weighted by atomic mass is 9.95. The first-order valence-electron chi connectivity index (χ1n) is 7.13. The lowest BCUT2D eigenvalue weighted by Gasteiger charge is -2.13. The standard InChI is InChI=1S/C17H18ClN3O2/c1-11-8-12(2)17(13(3)16(11)9-18)10-19-20-14-4-6-15(7-5-14)21(22)23/h4-8,10,20H,9H2,1-3H3. The van der Waals surface area contributed by atoms with Gasteiger partial charge in [-0.3, -0.25) is 15.5 Å². The number of nitro benzene ring substituents is 1. The number of halogens is 1. The Kier molecular flexibility index (Phi) is 5.34. The van der Waals surface area contributed by atoms with E-state index in [9.17, 15) is 10.1 Å². The van der Waals surface area contributed by atoms with Crippen LogP contribution in [0, 0.1) is 30.9 Å². The zero-order valence-electron chi connectivity index (χ0n) is 13.3. The van der Waals surface area contributed by atoms with Crippen molar-refractivity contribution in [1.29, 1.82) is 0 Å². The summed E-state index contributed by atoms with van der Waals surface area (Å²) in [5, 5.41) is 14.8. The highest BCUT2D eigenvalue weighted by Gasteiger charge is 2.09. The van der Waals surface area contributed by atoms with Gasteiger partial charge < -0.3 is 0 Å². The van der Waals surface area contributed by atoms with Gasteiger partial charge in [0, 0.05) is 23.6 Å². The maximum Gasteiger partial charge on any atom is 0.269 e. The largest absolute Gasteiger partial charge is 0.278 e. The molecule has 0 aliphatic rings. The van der Waals surface area contributed by atoms with Crippen molar-refractivity contribution in [1.82, 2.24) is 0 Å². The number of nitrogens with zero attached hydrogens (tertiary/aromatic N) is 2. The van der Waals surface area contributed by atoms with Crippen LogP contribution in [0.15, 0.2) is 35.4 Å². The Labute approximate surface area is 140 Å². The minimum absolute atomic E-state index is 0.0523. The Balaban J connectivity index is 2.19. The molecule has 0 aromatic heterocycles. The van der Waals surface area contributed by atoms with E-state index in [0.717, 1.165) is 22.3 Å². The number of nitro groups is 1. The summed E-state index contributed by atoms with van der Waals surface area (Å²) in [5.41, 5.74) is 9.19. The molecule has 1 N–H and O–H groups in total. The van der Waals surface area contributed by atoms with Crippen molar-refractivity contribution in [2.24, 2.45) is 5.10 Å². The number of non-ortho nitro benzene ring substituents is 1. The van der Waals surface area contributed by atoms with Gasteiger partial charge in [-0.1, -0.05) is 6.07 Å². The molecule has 0 amide bonds. The maximum absolute atomic E-state index is 10.6. The number of hydrogen-bond donors (Lipinski definition) is 1. The van der Waals surface area contributed by atoms with E-state index in [-0.39, 0.29) is 5.69 Å². The second-order valence-corrected chi connectivity index (χ2v) is 5.60. The van der Waals surface area contributed by atoms with Crippen LogP contribution < -0.4 is 5.43 Å². The summed E-state index contributed by atoms with van der Waals surface area (Å²) >= 11 is 6.02. The number of hydrogen-bond acceptors (Lipinski definition) is 4. The molecule has 0 fully saturated rings.